The van der Waals surface area contributed by atoms with Crippen LogP contribution in [-0.2, 0) is 20.0 Å². The lowest BCUT2D eigenvalue weighted by atomic mass is 10.1. The van der Waals surface area contributed by atoms with Crippen molar-refractivity contribution in [1.29, 1.82) is 0 Å². The largest absolute Gasteiger partial charge is 0.497 e. The van der Waals surface area contributed by atoms with E-state index >= 15 is 0 Å². The van der Waals surface area contributed by atoms with Gasteiger partial charge in [-0.3, -0.25) is 0 Å². The molecule has 5 nitrogen and oxygen atoms in total. The minimum absolute atomic E-state index is 0.452. The average molecular weight is 261 g/mol. The van der Waals surface area contributed by atoms with Crippen molar-refractivity contribution in [2.75, 3.05) is 14.2 Å². The maximum absolute atomic E-state index is 5.60. The Morgan fingerprint density at radius 2 is 2.05 bits per heavy atom. The quantitative estimate of drug-likeness (QED) is 0.885. The Balaban J connectivity index is 2.29. The van der Waals surface area contributed by atoms with Crippen LogP contribution in [0.5, 0.6) is 11.5 Å². The fraction of sp³-hybridized carbons (Fsp3) is 0.357. The van der Waals surface area contributed by atoms with Gasteiger partial charge in [0.1, 0.15) is 17.3 Å². The molecule has 2 rings (SSSR count). The van der Waals surface area contributed by atoms with Crippen LogP contribution in [0.3, 0.4) is 0 Å². The Hall–Kier alpha value is -2.01. The van der Waals surface area contributed by atoms with E-state index in [1.807, 2.05) is 36.0 Å². The maximum atomic E-state index is 5.60. The number of hydrogen-bond donors (Lipinski definition) is 1. The summed E-state index contributed by atoms with van der Waals surface area (Å²) in [5.74, 6) is 2.55. The fourth-order valence-corrected chi connectivity index (χ4v) is 2.00. The first-order valence-corrected chi connectivity index (χ1v) is 6.10. The molecule has 0 radical (unpaired) electrons. The molecular formula is C14H19N3O2. The van der Waals surface area contributed by atoms with Crippen LogP contribution in [0.25, 0.3) is 0 Å². The minimum Gasteiger partial charge on any atom is -0.497 e. The number of imidazole rings is 1. The van der Waals surface area contributed by atoms with E-state index in [-0.39, 0.29) is 0 Å². The number of rotatable bonds is 5. The monoisotopic (exact) mass is 261 g/mol. The highest BCUT2D eigenvalue weighted by molar-refractivity contribution is 5.42. The van der Waals surface area contributed by atoms with Gasteiger partial charge >= 0.3 is 0 Å². The highest BCUT2D eigenvalue weighted by Gasteiger charge is 2.10. The molecule has 0 bridgehead atoms. The van der Waals surface area contributed by atoms with Crippen LogP contribution in [0.1, 0.15) is 17.1 Å². The first-order valence-electron chi connectivity index (χ1n) is 6.10. The molecule has 1 aromatic heterocycles. The summed E-state index contributed by atoms with van der Waals surface area (Å²) in [6, 6.07) is 5.79. The summed E-state index contributed by atoms with van der Waals surface area (Å²) in [6.07, 6.45) is 2.65. The molecule has 0 atom stereocenters. The molecule has 1 aromatic carbocycles. The van der Waals surface area contributed by atoms with Crippen molar-refractivity contribution < 1.29 is 9.47 Å². The molecule has 0 saturated heterocycles. The molecule has 0 spiro atoms. The molecule has 0 saturated carbocycles. The van der Waals surface area contributed by atoms with Crippen LogP contribution in [0, 0.1) is 0 Å². The van der Waals surface area contributed by atoms with Crippen molar-refractivity contribution in [3.05, 3.63) is 41.5 Å². The maximum Gasteiger partial charge on any atom is 0.126 e. The lowest BCUT2D eigenvalue weighted by molar-refractivity contribution is 0.391. The van der Waals surface area contributed by atoms with Gasteiger partial charge in [-0.25, -0.2) is 4.98 Å². The highest BCUT2D eigenvalue weighted by Crippen LogP contribution is 2.26. The van der Waals surface area contributed by atoms with Gasteiger partial charge in [-0.15, -0.1) is 0 Å². The molecule has 0 fully saturated rings. The standard InChI is InChI=1S/C14H19N3O2/c1-17-9-11(8-15)16-14(17)6-10-4-5-12(18-2)7-13(10)19-3/h4-5,7,9H,6,8,15H2,1-3H3. The van der Waals surface area contributed by atoms with E-state index < -0.39 is 0 Å². The second-order valence-corrected chi connectivity index (χ2v) is 4.32. The van der Waals surface area contributed by atoms with Gasteiger partial charge in [-0.1, -0.05) is 6.07 Å². The van der Waals surface area contributed by atoms with Gasteiger partial charge in [0.15, 0.2) is 0 Å². The van der Waals surface area contributed by atoms with Crippen LogP contribution in [0.4, 0.5) is 0 Å². The number of benzene rings is 1. The summed E-state index contributed by atoms with van der Waals surface area (Å²) in [5.41, 5.74) is 7.57. The molecule has 102 valence electrons. The molecule has 1 heterocycles. The third kappa shape index (κ3) is 2.88. The third-order valence-corrected chi connectivity index (χ3v) is 3.07. The fourth-order valence-electron chi connectivity index (χ4n) is 2.00. The first kappa shape index (κ1) is 13.4. The molecule has 0 aliphatic rings. The molecule has 5 heteroatoms. The number of aromatic nitrogens is 2. The number of nitrogens with two attached hydrogens (primary N) is 1. The average Bonchev–Trinajstić information content (AvgIpc) is 2.80. The Labute approximate surface area is 113 Å². The minimum atomic E-state index is 0.452. The number of hydrogen-bond acceptors (Lipinski definition) is 4. The molecule has 19 heavy (non-hydrogen) atoms. The van der Waals surface area contributed by atoms with Crippen LogP contribution in [0.15, 0.2) is 24.4 Å². The van der Waals surface area contributed by atoms with Gasteiger partial charge in [0.2, 0.25) is 0 Å². The summed E-state index contributed by atoms with van der Waals surface area (Å²) in [5, 5.41) is 0. The molecule has 0 aliphatic carbocycles. The Kier molecular flexibility index (Phi) is 4.06. The molecular weight excluding hydrogens is 242 g/mol. The zero-order valence-electron chi connectivity index (χ0n) is 11.5. The van der Waals surface area contributed by atoms with Crippen molar-refractivity contribution in [2.45, 2.75) is 13.0 Å². The summed E-state index contributed by atoms with van der Waals surface area (Å²) in [4.78, 5) is 4.49. The van der Waals surface area contributed by atoms with E-state index in [0.29, 0.717) is 13.0 Å². The van der Waals surface area contributed by atoms with Gasteiger partial charge in [-0.2, -0.15) is 0 Å². The van der Waals surface area contributed by atoms with Crippen LogP contribution in [0.2, 0.25) is 0 Å². The lowest BCUT2D eigenvalue weighted by Crippen LogP contribution is -2.01. The summed E-state index contributed by atoms with van der Waals surface area (Å²) in [7, 11) is 5.26. The number of ether oxygens (including phenoxy) is 2. The number of nitrogens with zero attached hydrogens (tertiary/aromatic N) is 2. The zero-order chi connectivity index (χ0) is 13.8. The van der Waals surface area contributed by atoms with Gasteiger partial charge in [0.05, 0.1) is 19.9 Å². The van der Waals surface area contributed by atoms with Gasteiger partial charge in [0.25, 0.3) is 0 Å². The van der Waals surface area contributed by atoms with Gasteiger partial charge in [0, 0.05) is 37.8 Å². The molecule has 2 N–H and O–H groups in total. The van der Waals surface area contributed by atoms with E-state index in [2.05, 4.69) is 4.98 Å². The van der Waals surface area contributed by atoms with E-state index in [4.69, 9.17) is 15.2 Å². The van der Waals surface area contributed by atoms with Crippen molar-refractivity contribution in [1.82, 2.24) is 9.55 Å². The smallest absolute Gasteiger partial charge is 0.126 e. The number of methoxy groups -OCH3 is 2. The van der Waals surface area contributed by atoms with Crippen molar-refractivity contribution in [3.8, 4) is 11.5 Å². The zero-order valence-corrected chi connectivity index (χ0v) is 11.5. The SMILES string of the molecule is COc1ccc(Cc2nc(CN)cn2C)c(OC)c1. The second kappa shape index (κ2) is 5.75. The van der Waals surface area contributed by atoms with Crippen molar-refractivity contribution in [3.63, 3.8) is 0 Å². The van der Waals surface area contributed by atoms with E-state index in [9.17, 15) is 0 Å². The molecule has 0 aliphatic heterocycles. The van der Waals surface area contributed by atoms with Crippen LogP contribution >= 0.6 is 0 Å². The first-order chi connectivity index (χ1) is 9.17. The van der Waals surface area contributed by atoms with E-state index in [0.717, 1.165) is 28.6 Å². The predicted molar refractivity (Wildman–Crippen MR) is 73.5 cm³/mol. The van der Waals surface area contributed by atoms with Gasteiger partial charge < -0.3 is 19.8 Å². The Bertz CT molecular complexity index is 564. The van der Waals surface area contributed by atoms with Gasteiger partial charge in [-0.05, 0) is 6.07 Å². The lowest BCUT2D eigenvalue weighted by Gasteiger charge is -2.10. The molecule has 2 aromatic rings. The van der Waals surface area contributed by atoms with E-state index in [1.54, 1.807) is 14.2 Å². The Morgan fingerprint density at radius 1 is 1.26 bits per heavy atom. The predicted octanol–water partition coefficient (Wildman–Crippen LogP) is 1.49. The summed E-state index contributed by atoms with van der Waals surface area (Å²) < 4.78 is 12.6. The van der Waals surface area contributed by atoms with Crippen LogP contribution in [-0.4, -0.2) is 23.8 Å². The molecule has 0 unspecified atom stereocenters. The summed E-state index contributed by atoms with van der Waals surface area (Å²) >= 11 is 0. The summed E-state index contributed by atoms with van der Waals surface area (Å²) in [6.45, 7) is 0.452. The van der Waals surface area contributed by atoms with E-state index in [1.165, 1.54) is 0 Å². The topological polar surface area (TPSA) is 62.3 Å². The Morgan fingerprint density at radius 3 is 2.63 bits per heavy atom. The highest BCUT2D eigenvalue weighted by atomic mass is 16.5. The molecule has 0 amide bonds. The number of aryl methyl sites for hydroxylation is 1. The van der Waals surface area contributed by atoms with Crippen LogP contribution < -0.4 is 15.2 Å². The van der Waals surface area contributed by atoms with Crippen molar-refractivity contribution >= 4 is 0 Å². The second-order valence-electron chi connectivity index (χ2n) is 4.32. The van der Waals surface area contributed by atoms with Crippen molar-refractivity contribution in [2.24, 2.45) is 12.8 Å². The third-order valence-electron chi connectivity index (χ3n) is 3.07. The normalized spacial score (nSPS) is 10.5.